The van der Waals surface area contributed by atoms with Gasteiger partial charge in [0.1, 0.15) is 0 Å². The Kier molecular flexibility index (Phi) is 6.63. The second-order valence-electron chi connectivity index (χ2n) is 4.33. The normalized spacial score (nSPS) is 12.4. The fraction of sp³-hybridized carbons (Fsp3) is 0.643. The molecule has 1 aromatic heterocycles. The number of methoxy groups -OCH3 is 1. The lowest BCUT2D eigenvalue weighted by molar-refractivity contribution is 0.396. The maximum absolute atomic E-state index is 5.11. The second kappa shape index (κ2) is 8.07. The summed E-state index contributed by atoms with van der Waals surface area (Å²) in [4.78, 5) is 4.10. The van der Waals surface area contributed by atoms with Crippen molar-refractivity contribution in [3.05, 3.63) is 23.9 Å². The first-order valence-corrected chi connectivity index (χ1v) is 6.52. The van der Waals surface area contributed by atoms with E-state index >= 15 is 0 Å². The molecule has 96 valence electrons. The molecule has 0 aromatic carbocycles. The fourth-order valence-corrected chi connectivity index (χ4v) is 1.84. The maximum atomic E-state index is 5.11. The molecule has 1 rings (SSSR count). The van der Waals surface area contributed by atoms with E-state index in [1.165, 1.54) is 31.2 Å². The van der Waals surface area contributed by atoms with Crippen molar-refractivity contribution in [1.82, 2.24) is 10.3 Å². The molecule has 3 heteroatoms. The van der Waals surface area contributed by atoms with Gasteiger partial charge in [0, 0.05) is 24.8 Å². The van der Waals surface area contributed by atoms with Gasteiger partial charge in [0.2, 0.25) is 5.88 Å². The van der Waals surface area contributed by atoms with Crippen LogP contribution in [0.5, 0.6) is 5.88 Å². The number of aromatic nitrogens is 1. The van der Waals surface area contributed by atoms with Crippen LogP contribution in [0.2, 0.25) is 0 Å². The summed E-state index contributed by atoms with van der Waals surface area (Å²) in [5, 5.41) is 3.59. The zero-order valence-electron chi connectivity index (χ0n) is 11.2. The van der Waals surface area contributed by atoms with Gasteiger partial charge in [-0.15, -0.1) is 0 Å². The largest absolute Gasteiger partial charge is 0.481 e. The van der Waals surface area contributed by atoms with Crippen LogP contribution >= 0.6 is 0 Å². The minimum absolute atomic E-state index is 0.620. The Morgan fingerprint density at radius 1 is 1.41 bits per heavy atom. The van der Waals surface area contributed by atoms with E-state index in [2.05, 4.69) is 24.1 Å². The van der Waals surface area contributed by atoms with E-state index in [1.807, 2.05) is 12.1 Å². The molecule has 0 saturated carbocycles. The summed E-state index contributed by atoms with van der Waals surface area (Å²) in [6.45, 7) is 5.36. The zero-order valence-corrected chi connectivity index (χ0v) is 11.2. The molecule has 17 heavy (non-hydrogen) atoms. The molecular weight excluding hydrogens is 212 g/mol. The van der Waals surface area contributed by atoms with Gasteiger partial charge in [0.15, 0.2) is 0 Å². The Balaban J connectivity index is 2.41. The number of nitrogens with one attached hydrogen (secondary N) is 1. The molecule has 3 nitrogen and oxygen atoms in total. The van der Waals surface area contributed by atoms with Gasteiger partial charge in [0.05, 0.1) is 7.11 Å². The third-order valence-electron chi connectivity index (χ3n) is 3.00. The zero-order chi connectivity index (χ0) is 12.5. The van der Waals surface area contributed by atoms with Crippen molar-refractivity contribution in [2.45, 2.75) is 52.1 Å². The average Bonchev–Trinajstić information content (AvgIpc) is 2.39. The van der Waals surface area contributed by atoms with Crippen molar-refractivity contribution in [2.75, 3.05) is 7.11 Å². The van der Waals surface area contributed by atoms with Gasteiger partial charge >= 0.3 is 0 Å². The van der Waals surface area contributed by atoms with Gasteiger partial charge < -0.3 is 10.1 Å². The monoisotopic (exact) mass is 236 g/mol. The van der Waals surface area contributed by atoms with Crippen molar-refractivity contribution < 1.29 is 4.74 Å². The minimum Gasteiger partial charge on any atom is -0.481 e. The van der Waals surface area contributed by atoms with Crippen LogP contribution in [-0.2, 0) is 6.54 Å². The summed E-state index contributed by atoms with van der Waals surface area (Å²) in [6.07, 6.45) is 6.80. The Morgan fingerprint density at radius 2 is 2.24 bits per heavy atom. The highest BCUT2D eigenvalue weighted by Crippen LogP contribution is 2.10. The minimum atomic E-state index is 0.620. The van der Waals surface area contributed by atoms with Crippen LogP contribution in [0.3, 0.4) is 0 Å². The van der Waals surface area contributed by atoms with Crippen LogP contribution in [0.15, 0.2) is 18.3 Å². The van der Waals surface area contributed by atoms with Gasteiger partial charge in [-0.3, -0.25) is 0 Å². The Hall–Kier alpha value is -1.09. The maximum Gasteiger partial charge on any atom is 0.213 e. The van der Waals surface area contributed by atoms with Crippen LogP contribution in [0, 0.1) is 0 Å². The van der Waals surface area contributed by atoms with Gasteiger partial charge in [-0.1, -0.05) is 26.7 Å². The molecule has 0 bridgehead atoms. The molecular formula is C14H24N2O. The quantitative estimate of drug-likeness (QED) is 0.753. The van der Waals surface area contributed by atoms with E-state index < -0.39 is 0 Å². The van der Waals surface area contributed by atoms with E-state index in [1.54, 1.807) is 13.3 Å². The number of pyridine rings is 1. The molecule has 0 aliphatic rings. The van der Waals surface area contributed by atoms with Crippen molar-refractivity contribution in [1.29, 1.82) is 0 Å². The highest BCUT2D eigenvalue weighted by molar-refractivity contribution is 5.20. The summed E-state index contributed by atoms with van der Waals surface area (Å²) >= 11 is 0. The standard InChI is InChI=1S/C14H24N2O/c1-4-6-7-13(5-2)16-11-12-8-9-15-14(10-12)17-3/h8-10,13,16H,4-7,11H2,1-3H3. The van der Waals surface area contributed by atoms with E-state index in [-0.39, 0.29) is 0 Å². The highest BCUT2D eigenvalue weighted by Gasteiger charge is 2.05. The fourth-order valence-electron chi connectivity index (χ4n) is 1.84. The molecule has 1 atom stereocenters. The Labute approximate surface area is 105 Å². The highest BCUT2D eigenvalue weighted by atomic mass is 16.5. The molecule has 0 aliphatic heterocycles. The first-order valence-electron chi connectivity index (χ1n) is 6.52. The van der Waals surface area contributed by atoms with E-state index in [4.69, 9.17) is 4.74 Å². The average molecular weight is 236 g/mol. The number of ether oxygens (including phenoxy) is 1. The summed E-state index contributed by atoms with van der Waals surface area (Å²) < 4.78 is 5.11. The summed E-state index contributed by atoms with van der Waals surface area (Å²) in [5.41, 5.74) is 1.23. The molecule has 1 N–H and O–H groups in total. The van der Waals surface area contributed by atoms with Crippen molar-refractivity contribution in [3.8, 4) is 5.88 Å². The van der Waals surface area contributed by atoms with E-state index in [0.717, 1.165) is 6.54 Å². The molecule has 0 saturated heterocycles. The van der Waals surface area contributed by atoms with Crippen LogP contribution < -0.4 is 10.1 Å². The first kappa shape index (κ1) is 14.0. The number of rotatable bonds is 8. The summed E-state index contributed by atoms with van der Waals surface area (Å²) in [7, 11) is 1.65. The van der Waals surface area contributed by atoms with Gasteiger partial charge in [-0.05, 0) is 24.5 Å². The van der Waals surface area contributed by atoms with E-state index in [0.29, 0.717) is 11.9 Å². The second-order valence-corrected chi connectivity index (χ2v) is 4.33. The SMILES string of the molecule is CCCCC(CC)NCc1ccnc(OC)c1. The van der Waals surface area contributed by atoms with Gasteiger partial charge in [-0.25, -0.2) is 4.98 Å². The van der Waals surface area contributed by atoms with Crippen LogP contribution in [0.4, 0.5) is 0 Å². The van der Waals surface area contributed by atoms with Gasteiger partial charge in [-0.2, -0.15) is 0 Å². The Bertz CT molecular complexity index is 315. The lowest BCUT2D eigenvalue weighted by Crippen LogP contribution is -2.27. The van der Waals surface area contributed by atoms with Crippen LogP contribution in [0.25, 0.3) is 0 Å². The molecule has 1 unspecified atom stereocenters. The molecule has 1 heterocycles. The number of nitrogens with zero attached hydrogens (tertiary/aromatic N) is 1. The lowest BCUT2D eigenvalue weighted by Gasteiger charge is -2.16. The van der Waals surface area contributed by atoms with Crippen molar-refractivity contribution in [3.63, 3.8) is 0 Å². The number of hydrogen-bond acceptors (Lipinski definition) is 3. The van der Waals surface area contributed by atoms with Gasteiger partial charge in [0.25, 0.3) is 0 Å². The molecule has 1 aromatic rings. The number of hydrogen-bond donors (Lipinski definition) is 1. The van der Waals surface area contributed by atoms with Crippen molar-refractivity contribution in [2.24, 2.45) is 0 Å². The third kappa shape index (κ3) is 5.18. The van der Waals surface area contributed by atoms with Crippen molar-refractivity contribution >= 4 is 0 Å². The predicted molar refractivity (Wildman–Crippen MR) is 71.2 cm³/mol. The van der Waals surface area contributed by atoms with E-state index in [9.17, 15) is 0 Å². The Morgan fingerprint density at radius 3 is 2.88 bits per heavy atom. The smallest absolute Gasteiger partial charge is 0.213 e. The topological polar surface area (TPSA) is 34.2 Å². The predicted octanol–water partition coefficient (Wildman–Crippen LogP) is 3.15. The number of unbranched alkanes of at least 4 members (excludes halogenated alkanes) is 1. The summed E-state index contributed by atoms with van der Waals surface area (Å²) in [5.74, 6) is 0.686. The first-order chi connectivity index (χ1) is 8.30. The molecule has 0 fully saturated rings. The van der Waals surface area contributed by atoms with Crippen LogP contribution in [-0.4, -0.2) is 18.1 Å². The molecule has 0 aliphatic carbocycles. The lowest BCUT2D eigenvalue weighted by atomic mass is 10.1. The van der Waals surface area contributed by atoms with Crippen LogP contribution in [0.1, 0.15) is 45.1 Å². The third-order valence-corrected chi connectivity index (χ3v) is 3.00. The summed E-state index contributed by atoms with van der Waals surface area (Å²) in [6, 6.07) is 4.64. The molecule has 0 amide bonds. The molecule has 0 radical (unpaired) electrons. The molecule has 0 spiro atoms.